The van der Waals surface area contributed by atoms with Crippen molar-refractivity contribution in [2.45, 2.75) is 51.6 Å². The van der Waals surface area contributed by atoms with Crippen molar-refractivity contribution in [3.8, 4) is 0 Å². The third kappa shape index (κ3) is 3.40. The van der Waals surface area contributed by atoms with Gasteiger partial charge >= 0.3 is 5.69 Å². The van der Waals surface area contributed by atoms with Crippen LogP contribution in [0.15, 0.2) is 23.3 Å². The zero-order valence-corrected chi connectivity index (χ0v) is 17.3. The number of aromatic amines is 1. The third-order valence-electron chi connectivity index (χ3n) is 6.87. The molecule has 0 bridgehead atoms. The van der Waals surface area contributed by atoms with Gasteiger partial charge in [0, 0.05) is 43.8 Å². The quantitative estimate of drug-likeness (QED) is 0.718. The SMILES string of the molecule is C[C@@H]1CCCC[C@@H]1n1c(=O)n(CCCN2CCOCC2)c2cnc3[nH]ccc3c21. The fourth-order valence-corrected chi connectivity index (χ4v) is 5.24. The summed E-state index contributed by atoms with van der Waals surface area (Å²) in [7, 11) is 0. The van der Waals surface area contributed by atoms with Gasteiger partial charge in [0.2, 0.25) is 0 Å². The number of nitrogens with one attached hydrogen (secondary N) is 1. The van der Waals surface area contributed by atoms with Crippen molar-refractivity contribution in [3.05, 3.63) is 28.9 Å². The summed E-state index contributed by atoms with van der Waals surface area (Å²) in [6, 6.07) is 2.34. The third-order valence-corrected chi connectivity index (χ3v) is 6.87. The van der Waals surface area contributed by atoms with Crippen LogP contribution in [0.2, 0.25) is 0 Å². The number of aromatic nitrogens is 4. The van der Waals surface area contributed by atoms with E-state index in [9.17, 15) is 4.79 Å². The minimum Gasteiger partial charge on any atom is -0.379 e. The first-order chi connectivity index (χ1) is 14.2. The predicted octanol–water partition coefficient (Wildman–Crippen LogP) is 3.15. The number of morpholine rings is 1. The molecule has 1 aliphatic carbocycles. The van der Waals surface area contributed by atoms with Gasteiger partial charge in [-0.15, -0.1) is 0 Å². The van der Waals surface area contributed by atoms with Gasteiger partial charge in [0.05, 0.1) is 30.4 Å². The maximum Gasteiger partial charge on any atom is 0.329 e. The van der Waals surface area contributed by atoms with Gasteiger partial charge in [-0.25, -0.2) is 9.78 Å². The van der Waals surface area contributed by atoms with E-state index in [1.807, 2.05) is 17.0 Å². The lowest BCUT2D eigenvalue weighted by Gasteiger charge is -2.29. The van der Waals surface area contributed by atoms with Gasteiger partial charge in [-0.05, 0) is 31.2 Å². The second kappa shape index (κ2) is 7.95. The number of ether oxygens (including phenoxy) is 1. The Morgan fingerprint density at radius 1 is 1.21 bits per heavy atom. The van der Waals surface area contributed by atoms with Gasteiger partial charge in [0.1, 0.15) is 5.65 Å². The number of pyridine rings is 1. The average Bonchev–Trinajstić information content (AvgIpc) is 3.32. The largest absolute Gasteiger partial charge is 0.379 e. The normalized spacial score (nSPS) is 23.9. The number of imidazole rings is 1. The summed E-state index contributed by atoms with van der Waals surface area (Å²) in [4.78, 5) is 23.9. The zero-order chi connectivity index (χ0) is 19.8. The highest BCUT2D eigenvalue weighted by molar-refractivity contribution is 6.01. The van der Waals surface area contributed by atoms with E-state index in [-0.39, 0.29) is 11.7 Å². The molecule has 1 saturated heterocycles. The molecular formula is C22H31N5O2. The van der Waals surface area contributed by atoms with Gasteiger partial charge in [-0.3, -0.25) is 14.0 Å². The lowest BCUT2D eigenvalue weighted by atomic mass is 9.85. The molecule has 1 N–H and O–H groups in total. The van der Waals surface area contributed by atoms with Gasteiger partial charge < -0.3 is 9.72 Å². The predicted molar refractivity (Wildman–Crippen MR) is 114 cm³/mol. The molecule has 2 fully saturated rings. The van der Waals surface area contributed by atoms with Gasteiger partial charge in [0.25, 0.3) is 0 Å². The Labute approximate surface area is 170 Å². The highest BCUT2D eigenvalue weighted by atomic mass is 16.5. The minimum absolute atomic E-state index is 0.135. The summed E-state index contributed by atoms with van der Waals surface area (Å²) < 4.78 is 9.52. The van der Waals surface area contributed by atoms with Crippen LogP contribution in [0.25, 0.3) is 22.1 Å². The van der Waals surface area contributed by atoms with Crippen LogP contribution in [0.3, 0.4) is 0 Å². The summed E-state index contributed by atoms with van der Waals surface area (Å²) in [6.45, 7) is 7.64. The van der Waals surface area contributed by atoms with Crippen molar-refractivity contribution >= 4 is 22.1 Å². The molecular weight excluding hydrogens is 366 g/mol. The van der Waals surface area contributed by atoms with E-state index >= 15 is 0 Å². The Morgan fingerprint density at radius 3 is 2.86 bits per heavy atom. The number of hydrogen-bond donors (Lipinski definition) is 1. The molecule has 29 heavy (non-hydrogen) atoms. The molecule has 1 saturated carbocycles. The van der Waals surface area contributed by atoms with E-state index in [1.165, 1.54) is 19.3 Å². The van der Waals surface area contributed by atoms with Gasteiger partial charge in [-0.1, -0.05) is 19.8 Å². The van der Waals surface area contributed by atoms with Crippen molar-refractivity contribution < 1.29 is 4.74 Å². The van der Waals surface area contributed by atoms with Crippen molar-refractivity contribution in [3.63, 3.8) is 0 Å². The standard InChI is InChI=1S/C22H31N5O2/c1-16-5-2-3-6-18(16)27-20-17-7-8-23-21(17)24-15-19(20)26(22(27)28)10-4-9-25-11-13-29-14-12-25/h7-8,15-16,18H,2-6,9-14H2,1H3,(H,23,24)/t16-,18+/m1/s1. The molecule has 0 radical (unpaired) electrons. The molecule has 2 aliphatic rings. The number of hydrogen-bond acceptors (Lipinski definition) is 4. The maximum atomic E-state index is 13.6. The highest BCUT2D eigenvalue weighted by Crippen LogP contribution is 2.36. The van der Waals surface area contributed by atoms with E-state index in [4.69, 9.17) is 4.74 Å². The lowest BCUT2D eigenvalue weighted by molar-refractivity contribution is 0.0369. The molecule has 0 spiro atoms. The monoisotopic (exact) mass is 397 g/mol. The smallest absolute Gasteiger partial charge is 0.329 e. The number of rotatable bonds is 5. The summed E-state index contributed by atoms with van der Waals surface area (Å²) in [6.07, 6.45) is 9.52. The Kier molecular flexibility index (Phi) is 5.18. The van der Waals surface area contributed by atoms with Crippen molar-refractivity contribution in [2.75, 3.05) is 32.8 Å². The van der Waals surface area contributed by atoms with Crippen molar-refractivity contribution in [1.82, 2.24) is 24.0 Å². The average molecular weight is 398 g/mol. The number of nitrogens with zero attached hydrogens (tertiary/aromatic N) is 4. The van der Waals surface area contributed by atoms with Crippen LogP contribution in [-0.2, 0) is 11.3 Å². The second-order valence-corrected chi connectivity index (χ2v) is 8.67. The first kappa shape index (κ1) is 18.9. The molecule has 7 nitrogen and oxygen atoms in total. The van der Waals surface area contributed by atoms with E-state index in [0.29, 0.717) is 5.92 Å². The van der Waals surface area contributed by atoms with E-state index in [2.05, 4.69) is 32.4 Å². The number of aryl methyl sites for hydroxylation is 1. The topological polar surface area (TPSA) is 68.1 Å². The minimum atomic E-state index is 0.135. The molecule has 3 aromatic rings. The Hall–Kier alpha value is -2.12. The molecule has 2 atom stereocenters. The summed E-state index contributed by atoms with van der Waals surface area (Å²) >= 11 is 0. The van der Waals surface area contributed by atoms with Crippen LogP contribution in [0.1, 0.15) is 45.1 Å². The molecule has 0 unspecified atom stereocenters. The summed E-state index contributed by atoms with van der Waals surface area (Å²) in [5.74, 6) is 0.524. The molecule has 3 aromatic heterocycles. The molecule has 1 aliphatic heterocycles. The Bertz CT molecular complexity index is 1040. The van der Waals surface area contributed by atoms with Crippen molar-refractivity contribution in [2.24, 2.45) is 5.92 Å². The fraction of sp³-hybridized carbons (Fsp3) is 0.636. The Morgan fingerprint density at radius 2 is 2.03 bits per heavy atom. The van der Waals surface area contributed by atoms with Crippen LogP contribution < -0.4 is 5.69 Å². The summed E-state index contributed by atoms with van der Waals surface area (Å²) in [5, 5.41) is 1.06. The van der Waals surface area contributed by atoms with E-state index in [1.54, 1.807) is 0 Å². The zero-order valence-electron chi connectivity index (χ0n) is 17.3. The first-order valence-corrected chi connectivity index (χ1v) is 11.1. The van der Waals surface area contributed by atoms with Crippen LogP contribution in [0.4, 0.5) is 0 Å². The molecule has 156 valence electrons. The highest BCUT2D eigenvalue weighted by Gasteiger charge is 2.28. The van der Waals surface area contributed by atoms with Crippen LogP contribution >= 0.6 is 0 Å². The first-order valence-electron chi connectivity index (χ1n) is 11.1. The Balaban J connectivity index is 1.53. The van der Waals surface area contributed by atoms with E-state index < -0.39 is 0 Å². The van der Waals surface area contributed by atoms with Crippen molar-refractivity contribution in [1.29, 1.82) is 0 Å². The molecule has 0 aromatic carbocycles. The molecule has 7 heteroatoms. The summed E-state index contributed by atoms with van der Waals surface area (Å²) in [5.41, 5.74) is 3.03. The second-order valence-electron chi connectivity index (χ2n) is 8.67. The van der Waals surface area contributed by atoms with Gasteiger partial charge in [0.15, 0.2) is 0 Å². The fourth-order valence-electron chi connectivity index (χ4n) is 5.24. The van der Waals surface area contributed by atoms with Crippen LogP contribution in [0, 0.1) is 5.92 Å². The molecule has 5 rings (SSSR count). The maximum absolute atomic E-state index is 13.6. The lowest BCUT2D eigenvalue weighted by Crippen LogP contribution is -2.37. The number of fused-ring (bicyclic) bond motifs is 3. The van der Waals surface area contributed by atoms with E-state index in [0.717, 1.165) is 74.3 Å². The van der Waals surface area contributed by atoms with Crippen LogP contribution in [-0.4, -0.2) is 56.9 Å². The molecule has 0 amide bonds. The van der Waals surface area contributed by atoms with Crippen LogP contribution in [0.5, 0.6) is 0 Å². The molecule has 4 heterocycles. The van der Waals surface area contributed by atoms with Gasteiger partial charge in [-0.2, -0.15) is 0 Å². The number of H-pyrrole nitrogens is 1.